The van der Waals surface area contributed by atoms with Gasteiger partial charge in [0.25, 0.3) is 0 Å². The van der Waals surface area contributed by atoms with Gasteiger partial charge >= 0.3 is 0 Å². The van der Waals surface area contributed by atoms with Gasteiger partial charge in [0, 0.05) is 19.6 Å². The topological polar surface area (TPSA) is 54.9 Å². The molecule has 2 aromatic rings. The van der Waals surface area contributed by atoms with Gasteiger partial charge < -0.3 is 20.1 Å². The van der Waals surface area contributed by atoms with Crippen molar-refractivity contribution in [3.8, 4) is 17.2 Å². The highest BCUT2D eigenvalue weighted by Crippen LogP contribution is 2.30. The van der Waals surface area contributed by atoms with E-state index in [0.717, 1.165) is 35.9 Å². The molecule has 0 heterocycles. The number of ether oxygens (including phenoxy) is 2. The van der Waals surface area contributed by atoms with Crippen molar-refractivity contribution in [2.75, 3.05) is 14.2 Å². The molecule has 1 aliphatic carbocycles. The number of hydrogen-bond acceptors (Lipinski definition) is 3. The Hall–Kier alpha value is -2.22. The third-order valence-corrected chi connectivity index (χ3v) is 4.25. The molecule has 0 fully saturated rings. The second kappa shape index (κ2) is 10.8. The molecule has 144 valence electrons. The lowest BCUT2D eigenvalue weighted by Crippen LogP contribution is -2.42. The molecule has 0 unspecified atom stereocenters. The molecule has 27 heavy (non-hydrogen) atoms. The van der Waals surface area contributed by atoms with Crippen molar-refractivity contribution in [3.05, 3.63) is 66.2 Å². The predicted octanol–water partition coefficient (Wildman–Crippen LogP) is 4.49. The number of nitrogens with zero attached hydrogens (tertiary/aromatic N) is 1. The van der Waals surface area contributed by atoms with Gasteiger partial charge in [-0.25, -0.2) is 0 Å². The van der Waals surface area contributed by atoms with Crippen LogP contribution in [0, 0.1) is 0 Å². The molecule has 0 saturated heterocycles. The Balaban J connectivity index is 0.00000261. The van der Waals surface area contributed by atoms with E-state index in [-0.39, 0.29) is 24.0 Å². The minimum absolute atomic E-state index is 0. The normalized spacial score (nSPS) is 13.8. The lowest BCUT2D eigenvalue weighted by Gasteiger charge is -2.17. The number of benzene rings is 2. The predicted molar refractivity (Wildman–Crippen MR) is 120 cm³/mol. The smallest absolute Gasteiger partial charge is 0.191 e. The van der Waals surface area contributed by atoms with E-state index < -0.39 is 0 Å². The van der Waals surface area contributed by atoms with E-state index in [9.17, 15) is 0 Å². The molecule has 0 radical (unpaired) electrons. The first-order chi connectivity index (χ1) is 12.8. The lowest BCUT2D eigenvalue weighted by atomic mass is 10.2. The van der Waals surface area contributed by atoms with Gasteiger partial charge in [-0.15, -0.1) is 24.0 Å². The first-order valence-corrected chi connectivity index (χ1v) is 8.80. The molecule has 6 heteroatoms. The maximum atomic E-state index is 5.90. The Morgan fingerprint density at radius 3 is 2.33 bits per heavy atom. The van der Waals surface area contributed by atoms with Crippen LogP contribution in [0.5, 0.6) is 17.2 Å². The number of hydrogen-bond donors (Lipinski definition) is 2. The van der Waals surface area contributed by atoms with Crippen LogP contribution in [0.3, 0.4) is 0 Å². The van der Waals surface area contributed by atoms with Crippen molar-refractivity contribution < 1.29 is 9.47 Å². The molecule has 2 aromatic carbocycles. The summed E-state index contributed by atoms with van der Waals surface area (Å²) in [7, 11) is 3.43. The van der Waals surface area contributed by atoms with Gasteiger partial charge in [0.05, 0.1) is 7.11 Å². The summed E-state index contributed by atoms with van der Waals surface area (Å²) in [6.07, 6.45) is 6.50. The summed E-state index contributed by atoms with van der Waals surface area (Å²) in [5.74, 6) is 3.02. The van der Waals surface area contributed by atoms with Crippen molar-refractivity contribution in [2.45, 2.75) is 25.4 Å². The van der Waals surface area contributed by atoms with Crippen LogP contribution in [0.2, 0.25) is 0 Å². The van der Waals surface area contributed by atoms with Crippen molar-refractivity contribution in [3.63, 3.8) is 0 Å². The fourth-order valence-corrected chi connectivity index (χ4v) is 2.81. The van der Waals surface area contributed by atoms with Crippen LogP contribution in [0.1, 0.15) is 18.4 Å². The maximum absolute atomic E-state index is 5.90. The molecular formula is C21H26IN3O2. The largest absolute Gasteiger partial charge is 0.493 e. The second-order valence-electron chi connectivity index (χ2n) is 6.11. The maximum Gasteiger partial charge on any atom is 0.191 e. The highest BCUT2D eigenvalue weighted by atomic mass is 127. The number of rotatable bonds is 6. The van der Waals surface area contributed by atoms with Crippen LogP contribution in [-0.4, -0.2) is 26.2 Å². The highest BCUT2D eigenvalue weighted by molar-refractivity contribution is 14.0. The minimum atomic E-state index is 0. The van der Waals surface area contributed by atoms with E-state index in [0.29, 0.717) is 18.3 Å². The summed E-state index contributed by atoms with van der Waals surface area (Å²) < 4.78 is 11.2. The third kappa shape index (κ3) is 6.16. The number of nitrogens with one attached hydrogen (secondary N) is 2. The molecule has 0 bridgehead atoms. The molecule has 0 saturated carbocycles. The summed E-state index contributed by atoms with van der Waals surface area (Å²) >= 11 is 0. The Morgan fingerprint density at radius 2 is 1.70 bits per heavy atom. The molecule has 5 nitrogen and oxygen atoms in total. The molecule has 2 N–H and O–H groups in total. The zero-order valence-electron chi connectivity index (χ0n) is 15.6. The van der Waals surface area contributed by atoms with Crippen molar-refractivity contribution in [2.24, 2.45) is 4.99 Å². The van der Waals surface area contributed by atoms with Crippen LogP contribution in [0.25, 0.3) is 0 Å². The van der Waals surface area contributed by atoms with E-state index in [1.54, 1.807) is 14.2 Å². The first-order valence-electron chi connectivity index (χ1n) is 8.80. The SMILES string of the molecule is CN=C(NCc1ccc(Oc2ccccc2OC)cc1)NC1CC=CC1.I. The minimum Gasteiger partial charge on any atom is -0.493 e. The Labute approximate surface area is 177 Å². The zero-order valence-corrected chi connectivity index (χ0v) is 18.0. The summed E-state index contributed by atoms with van der Waals surface area (Å²) in [5.41, 5.74) is 1.16. The van der Waals surface area contributed by atoms with Gasteiger partial charge in [-0.2, -0.15) is 0 Å². The Kier molecular flexibility index (Phi) is 8.44. The molecule has 0 atom stereocenters. The van der Waals surface area contributed by atoms with E-state index in [2.05, 4.69) is 27.8 Å². The highest BCUT2D eigenvalue weighted by Gasteiger charge is 2.11. The average Bonchev–Trinajstić information content (AvgIpc) is 3.20. The molecule has 0 aromatic heterocycles. The molecule has 1 aliphatic rings. The van der Waals surface area contributed by atoms with Crippen LogP contribution in [0.4, 0.5) is 0 Å². The van der Waals surface area contributed by atoms with E-state index in [4.69, 9.17) is 9.47 Å². The lowest BCUT2D eigenvalue weighted by molar-refractivity contribution is 0.379. The Bertz CT molecular complexity index is 767. The van der Waals surface area contributed by atoms with Gasteiger partial charge in [0.15, 0.2) is 17.5 Å². The molecule has 0 amide bonds. The number of guanidine groups is 1. The first kappa shape index (κ1) is 21.1. The molecule has 3 rings (SSSR count). The van der Waals surface area contributed by atoms with Crippen molar-refractivity contribution >= 4 is 29.9 Å². The summed E-state index contributed by atoms with van der Waals surface area (Å²) in [4.78, 5) is 4.29. The fraction of sp³-hybridized carbons (Fsp3) is 0.286. The van der Waals surface area contributed by atoms with Gasteiger partial charge in [0.1, 0.15) is 5.75 Å². The van der Waals surface area contributed by atoms with Gasteiger partial charge in [-0.1, -0.05) is 36.4 Å². The fourth-order valence-electron chi connectivity index (χ4n) is 2.81. The van der Waals surface area contributed by atoms with Gasteiger partial charge in [0.2, 0.25) is 0 Å². The number of methoxy groups -OCH3 is 1. The number of para-hydroxylation sites is 2. The number of halogens is 1. The van der Waals surface area contributed by atoms with Crippen molar-refractivity contribution in [1.82, 2.24) is 10.6 Å². The molecule has 0 aliphatic heterocycles. The summed E-state index contributed by atoms with van der Waals surface area (Å²) in [5, 5.41) is 6.78. The molecular weight excluding hydrogens is 453 g/mol. The van der Waals surface area contributed by atoms with Crippen LogP contribution >= 0.6 is 24.0 Å². The van der Waals surface area contributed by atoms with Crippen LogP contribution in [0.15, 0.2) is 65.7 Å². The van der Waals surface area contributed by atoms with E-state index in [1.165, 1.54) is 0 Å². The van der Waals surface area contributed by atoms with E-state index in [1.807, 2.05) is 48.5 Å². The summed E-state index contributed by atoms with van der Waals surface area (Å²) in [6, 6.07) is 16.1. The number of aliphatic imine (C=N–C) groups is 1. The second-order valence-corrected chi connectivity index (χ2v) is 6.11. The standard InChI is InChI=1S/C21H25N3O2.HI/c1-22-21(24-17-7-3-4-8-17)23-15-16-11-13-18(14-12-16)26-20-10-6-5-9-19(20)25-2;/h3-6,9-14,17H,7-8,15H2,1-2H3,(H2,22,23,24);1H. The third-order valence-electron chi connectivity index (χ3n) is 4.25. The summed E-state index contributed by atoms with van der Waals surface area (Å²) in [6.45, 7) is 0.703. The van der Waals surface area contributed by atoms with Crippen LogP contribution in [-0.2, 0) is 6.54 Å². The average molecular weight is 479 g/mol. The van der Waals surface area contributed by atoms with E-state index >= 15 is 0 Å². The van der Waals surface area contributed by atoms with Gasteiger partial charge in [-0.3, -0.25) is 4.99 Å². The van der Waals surface area contributed by atoms with Crippen LogP contribution < -0.4 is 20.1 Å². The zero-order chi connectivity index (χ0) is 18.2. The Morgan fingerprint density at radius 1 is 1.04 bits per heavy atom. The van der Waals surface area contributed by atoms with Crippen molar-refractivity contribution in [1.29, 1.82) is 0 Å². The quantitative estimate of drug-likeness (QED) is 0.278. The monoisotopic (exact) mass is 479 g/mol. The van der Waals surface area contributed by atoms with Gasteiger partial charge in [-0.05, 0) is 42.7 Å². The molecule has 0 spiro atoms.